The van der Waals surface area contributed by atoms with Crippen molar-refractivity contribution < 1.29 is 14.2 Å². The van der Waals surface area contributed by atoms with Gasteiger partial charge in [0.15, 0.2) is 11.5 Å². The van der Waals surface area contributed by atoms with E-state index in [1.54, 1.807) is 12.1 Å². The lowest BCUT2D eigenvalue weighted by Crippen LogP contribution is -2.21. The molecule has 1 atom stereocenters. The SMILES string of the molecule is CCOc1cc([C@@H]2C(C#N)=C(N)Oc3n[nH]c(C)c32)ccc1OCc1ccc(Cl)c(Cl)c1. The zero-order chi connectivity index (χ0) is 22.8. The maximum atomic E-state index is 9.75. The van der Waals surface area contributed by atoms with Crippen molar-refractivity contribution in [1.82, 2.24) is 10.2 Å². The number of aromatic amines is 1. The number of H-pyrrole nitrogens is 1. The molecule has 0 aliphatic carbocycles. The predicted molar refractivity (Wildman–Crippen MR) is 121 cm³/mol. The number of hydrogen-bond donors (Lipinski definition) is 2. The van der Waals surface area contributed by atoms with E-state index in [-0.39, 0.29) is 12.5 Å². The number of fused-ring (bicyclic) bond motifs is 1. The van der Waals surface area contributed by atoms with Crippen molar-refractivity contribution in [1.29, 1.82) is 5.26 Å². The Hall–Kier alpha value is -3.34. The molecule has 0 fully saturated rings. The van der Waals surface area contributed by atoms with Crippen LogP contribution in [0.2, 0.25) is 10.0 Å². The number of benzene rings is 2. The first kappa shape index (κ1) is 21.9. The van der Waals surface area contributed by atoms with Crippen LogP contribution in [0.25, 0.3) is 0 Å². The average Bonchev–Trinajstić information content (AvgIpc) is 3.14. The molecule has 0 radical (unpaired) electrons. The molecule has 0 amide bonds. The number of rotatable bonds is 6. The third-order valence-electron chi connectivity index (χ3n) is 5.11. The summed E-state index contributed by atoms with van der Waals surface area (Å²) in [5.74, 6) is 1.07. The minimum absolute atomic E-state index is 0.0365. The molecule has 164 valence electrons. The van der Waals surface area contributed by atoms with E-state index in [4.69, 9.17) is 43.1 Å². The zero-order valence-electron chi connectivity index (χ0n) is 17.4. The van der Waals surface area contributed by atoms with E-state index in [1.165, 1.54) is 0 Å². The minimum Gasteiger partial charge on any atom is -0.490 e. The highest BCUT2D eigenvalue weighted by Gasteiger charge is 2.34. The number of nitriles is 1. The molecule has 3 aromatic rings. The van der Waals surface area contributed by atoms with Crippen LogP contribution in [0, 0.1) is 18.3 Å². The molecule has 0 saturated carbocycles. The van der Waals surface area contributed by atoms with Gasteiger partial charge in [0.2, 0.25) is 11.8 Å². The molecular weight excluding hydrogens is 451 g/mol. The third-order valence-corrected chi connectivity index (χ3v) is 5.85. The van der Waals surface area contributed by atoms with E-state index < -0.39 is 5.92 Å². The first-order chi connectivity index (χ1) is 15.4. The molecule has 7 nitrogen and oxygen atoms in total. The van der Waals surface area contributed by atoms with Gasteiger partial charge in [-0.05, 0) is 49.2 Å². The van der Waals surface area contributed by atoms with Crippen LogP contribution >= 0.6 is 23.2 Å². The molecule has 1 aliphatic heterocycles. The Morgan fingerprint density at radius 2 is 1.97 bits per heavy atom. The Morgan fingerprint density at radius 3 is 2.69 bits per heavy atom. The van der Waals surface area contributed by atoms with Gasteiger partial charge < -0.3 is 19.9 Å². The molecule has 0 unspecified atom stereocenters. The first-order valence-electron chi connectivity index (χ1n) is 9.88. The third kappa shape index (κ3) is 4.07. The second-order valence-electron chi connectivity index (χ2n) is 7.17. The predicted octanol–water partition coefficient (Wildman–Crippen LogP) is 5.22. The molecule has 2 heterocycles. The fourth-order valence-electron chi connectivity index (χ4n) is 3.61. The minimum atomic E-state index is -0.439. The smallest absolute Gasteiger partial charge is 0.244 e. The lowest BCUT2D eigenvalue weighted by molar-refractivity contribution is 0.269. The van der Waals surface area contributed by atoms with Crippen LogP contribution in [0.15, 0.2) is 47.9 Å². The summed E-state index contributed by atoms with van der Waals surface area (Å²) < 4.78 is 17.4. The van der Waals surface area contributed by atoms with Crippen molar-refractivity contribution >= 4 is 23.2 Å². The molecule has 0 saturated heterocycles. The van der Waals surface area contributed by atoms with Crippen LogP contribution in [-0.4, -0.2) is 16.8 Å². The molecule has 0 spiro atoms. The van der Waals surface area contributed by atoms with Crippen LogP contribution in [0.4, 0.5) is 0 Å². The van der Waals surface area contributed by atoms with Crippen LogP contribution in [0.3, 0.4) is 0 Å². The average molecular weight is 471 g/mol. The first-order valence-corrected chi connectivity index (χ1v) is 10.6. The quantitative estimate of drug-likeness (QED) is 0.511. The maximum absolute atomic E-state index is 9.75. The van der Waals surface area contributed by atoms with Gasteiger partial charge in [0.1, 0.15) is 18.2 Å². The summed E-state index contributed by atoms with van der Waals surface area (Å²) in [6.45, 7) is 4.49. The van der Waals surface area contributed by atoms with E-state index in [0.29, 0.717) is 39.6 Å². The zero-order valence-corrected chi connectivity index (χ0v) is 18.9. The lowest BCUT2D eigenvalue weighted by atomic mass is 9.84. The summed E-state index contributed by atoms with van der Waals surface area (Å²) in [6.07, 6.45) is 0. The molecule has 32 heavy (non-hydrogen) atoms. The maximum Gasteiger partial charge on any atom is 0.244 e. The summed E-state index contributed by atoms with van der Waals surface area (Å²) >= 11 is 12.1. The molecule has 1 aliphatic rings. The highest BCUT2D eigenvalue weighted by Crippen LogP contribution is 2.44. The molecule has 3 N–H and O–H groups in total. The number of aromatic nitrogens is 2. The molecule has 0 bridgehead atoms. The number of halogens is 2. The van der Waals surface area contributed by atoms with Crippen LogP contribution in [0.5, 0.6) is 17.4 Å². The summed E-state index contributed by atoms with van der Waals surface area (Å²) in [4.78, 5) is 0. The molecule has 4 rings (SSSR count). The van der Waals surface area contributed by atoms with Crippen LogP contribution in [-0.2, 0) is 6.61 Å². The molecular formula is C23H20Cl2N4O3. The lowest BCUT2D eigenvalue weighted by Gasteiger charge is -2.24. The summed E-state index contributed by atoms with van der Waals surface area (Å²) in [5.41, 5.74) is 9.56. The number of aryl methyl sites for hydroxylation is 1. The second kappa shape index (κ2) is 9.03. The Kier molecular flexibility index (Phi) is 6.17. The second-order valence-corrected chi connectivity index (χ2v) is 7.98. The highest BCUT2D eigenvalue weighted by atomic mass is 35.5. The van der Waals surface area contributed by atoms with E-state index in [1.807, 2.05) is 38.1 Å². The fourth-order valence-corrected chi connectivity index (χ4v) is 3.93. The van der Waals surface area contributed by atoms with Crippen LogP contribution in [0.1, 0.15) is 35.2 Å². The van der Waals surface area contributed by atoms with Crippen molar-refractivity contribution in [3.8, 4) is 23.4 Å². The topological polar surface area (TPSA) is 106 Å². The van der Waals surface area contributed by atoms with Crippen molar-refractivity contribution in [2.24, 2.45) is 5.73 Å². The molecule has 1 aromatic heterocycles. The summed E-state index contributed by atoms with van der Waals surface area (Å²) in [7, 11) is 0. The Morgan fingerprint density at radius 1 is 1.16 bits per heavy atom. The molecule has 2 aromatic carbocycles. The van der Waals surface area contributed by atoms with Gasteiger partial charge in [-0.1, -0.05) is 35.3 Å². The van der Waals surface area contributed by atoms with Gasteiger partial charge in [0, 0.05) is 11.3 Å². The fraction of sp³-hybridized carbons (Fsp3) is 0.217. The standard InChI is InChI=1S/C23H20Cl2N4O3/c1-3-30-19-9-14(5-7-18(19)31-11-13-4-6-16(24)17(25)8-13)21-15(10-26)22(27)32-23-20(21)12(2)28-29-23/h4-9,21H,3,11,27H2,1-2H3,(H,28,29)/t21-/m1/s1. The van der Waals surface area contributed by atoms with Crippen molar-refractivity contribution in [3.05, 3.63) is 80.3 Å². The summed E-state index contributed by atoms with van der Waals surface area (Å²) in [5, 5.41) is 17.8. The van der Waals surface area contributed by atoms with E-state index >= 15 is 0 Å². The van der Waals surface area contributed by atoms with Gasteiger partial charge in [-0.25, -0.2) is 0 Å². The number of nitrogens with two attached hydrogens (primary N) is 1. The Labute approximate surface area is 195 Å². The van der Waals surface area contributed by atoms with Gasteiger partial charge in [0.05, 0.1) is 22.6 Å². The largest absolute Gasteiger partial charge is 0.490 e. The van der Waals surface area contributed by atoms with Gasteiger partial charge >= 0.3 is 0 Å². The normalized spacial score (nSPS) is 15.0. The monoisotopic (exact) mass is 470 g/mol. The van der Waals surface area contributed by atoms with E-state index in [9.17, 15) is 5.26 Å². The number of hydrogen-bond acceptors (Lipinski definition) is 6. The summed E-state index contributed by atoms with van der Waals surface area (Å²) in [6, 6.07) is 13.1. The molecule has 9 heteroatoms. The number of nitrogens with one attached hydrogen (secondary N) is 1. The Balaban J connectivity index is 1.69. The highest BCUT2D eigenvalue weighted by molar-refractivity contribution is 6.42. The number of nitrogens with zero attached hydrogens (tertiary/aromatic N) is 2. The van der Waals surface area contributed by atoms with E-state index in [0.717, 1.165) is 22.4 Å². The van der Waals surface area contributed by atoms with Gasteiger partial charge in [-0.2, -0.15) is 5.26 Å². The van der Waals surface area contributed by atoms with Crippen molar-refractivity contribution in [2.75, 3.05) is 6.61 Å². The Bertz CT molecular complexity index is 1250. The van der Waals surface area contributed by atoms with Crippen molar-refractivity contribution in [3.63, 3.8) is 0 Å². The van der Waals surface area contributed by atoms with Crippen molar-refractivity contribution in [2.45, 2.75) is 26.4 Å². The van der Waals surface area contributed by atoms with Gasteiger partial charge in [-0.15, -0.1) is 5.10 Å². The number of allylic oxidation sites excluding steroid dienone is 1. The van der Waals surface area contributed by atoms with Gasteiger partial charge in [-0.3, -0.25) is 5.10 Å². The van der Waals surface area contributed by atoms with Gasteiger partial charge in [0.25, 0.3) is 0 Å². The number of ether oxygens (including phenoxy) is 3. The van der Waals surface area contributed by atoms with Crippen LogP contribution < -0.4 is 19.9 Å². The van der Waals surface area contributed by atoms with E-state index in [2.05, 4.69) is 16.3 Å².